The molecule has 3 aromatic rings. The minimum atomic E-state index is -0.402. The monoisotopic (exact) mass is 268 g/mol. The summed E-state index contributed by atoms with van der Waals surface area (Å²) in [6.07, 6.45) is 1.87. The summed E-state index contributed by atoms with van der Waals surface area (Å²) in [4.78, 5) is 10.5. The summed E-state index contributed by atoms with van der Waals surface area (Å²) in [5.41, 5.74) is 2.51. The summed E-state index contributed by atoms with van der Waals surface area (Å²) in [5, 5.41) is 21.0. The van der Waals surface area contributed by atoms with Gasteiger partial charge in [0.1, 0.15) is 0 Å². The number of fused-ring (bicyclic) bond motifs is 1. The standard InChI is InChI=1S/C15H12N2O3/c18-10-11-2-1-3-13(8-11)16-7-6-12-4-5-14(17(19)20)9-15(12)16/h1-9,18H,10H2. The Labute approximate surface area is 114 Å². The predicted octanol–water partition coefficient (Wildman–Crippen LogP) is 3.03. The molecule has 0 radical (unpaired) electrons. The Bertz CT molecular complexity index is 793. The fourth-order valence-corrected chi connectivity index (χ4v) is 2.26. The SMILES string of the molecule is O=[N+]([O-])c1ccc2ccn(-c3cccc(CO)c3)c2c1. The van der Waals surface area contributed by atoms with Crippen LogP contribution in [-0.4, -0.2) is 14.6 Å². The molecule has 0 aliphatic rings. The maximum absolute atomic E-state index is 10.9. The molecule has 5 heteroatoms. The summed E-state index contributed by atoms with van der Waals surface area (Å²) in [6.45, 7) is -0.0345. The second kappa shape index (κ2) is 4.79. The summed E-state index contributed by atoms with van der Waals surface area (Å²) in [5.74, 6) is 0. The first-order chi connectivity index (χ1) is 9.69. The van der Waals surface area contributed by atoms with E-state index in [1.165, 1.54) is 6.07 Å². The second-order valence-corrected chi connectivity index (χ2v) is 4.51. The highest BCUT2D eigenvalue weighted by Gasteiger charge is 2.10. The molecule has 100 valence electrons. The van der Waals surface area contributed by atoms with Gasteiger partial charge in [-0.15, -0.1) is 0 Å². The molecule has 1 N–H and O–H groups in total. The summed E-state index contributed by atoms with van der Waals surface area (Å²) in [6, 6.07) is 14.1. The first kappa shape index (κ1) is 12.4. The van der Waals surface area contributed by atoms with E-state index in [-0.39, 0.29) is 12.3 Å². The molecule has 0 bridgehead atoms. The van der Waals surface area contributed by atoms with Crippen LogP contribution in [0.5, 0.6) is 0 Å². The van der Waals surface area contributed by atoms with Crippen LogP contribution in [-0.2, 0) is 6.61 Å². The highest BCUT2D eigenvalue weighted by atomic mass is 16.6. The zero-order valence-electron chi connectivity index (χ0n) is 10.6. The summed E-state index contributed by atoms with van der Waals surface area (Å²) in [7, 11) is 0. The smallest absolute Gasteiger partial charge is 0.271 e. The van der Waals surface area contributed by atoms with Crippen molar-refractivity contribution in [2.45, 2.75) is 6.61 Å². The lowest BCUT2D eigenvalue weighted by molar-refractivity contribution is -0.384. The molecule has 0 saturated heterocycles. The number of rotatable bonds is 3. The van der Waals surface area contributed by atoms with Crippen LogP contribution in [0.25, 0.3) is 16.6 Å². The molecule has 0 atom stereocenters. The zero-order valence-corrected chi connectivity index (χ0v) is 10.6. The summed E-state index contributed by atoms with van der Waals surface area (Å²) >= 11 is 0. The van der Waals surface area contributed by atoms with Gasteiger partial charge in [0.25, 0.3) is 5.69 Å². The van der Waals surface area contributed by atoms with Crippen LogP contribution in [0.2, 0.25) is 0 Å². The van der Waals surface area contributed by atoms with Crippen LogP contribution in [0.1, 0.15) is 5.56 Å². The van der Waals surface area contributed by atoms with Gasteiger partial charge >= 0.3 is 0 Å². The van der Waals surface area contributed by atoms with Gasteiger partial charge in [-0.2, -0.15) is 0 Å². The lowest BCUT2D eigenvalue weighted by atomic mass is 10.2. The van der Waals surface area contributed by atoms with Gasteiger partial charge < -0.3 is 9.67 Å². The number of aliphatic hydroxyl groups excluding tert-OH is 1. The quantitative estimate of drug-likeness (QED) is 0.586. The second-order valence-electron chi connectivity index (χ2n) is 4.51. The van der Waals surface area contributed by atoms with Gasteiger partial charge in [0.05, 0.1) is 17.0 Å². The number of nitrogens with zero attached hydrogens (tertiary/aromatic N) is 2. The molecule has 5 nitrogen and oxygen atoms in total. The largest absolute Gasteiger partial charge is 0.392 e. The average Bonchev–Trinajstić information content (AvgIpc) is 2.90. The number of hydrogen-bond acceptors (Lipinski definition) is 3. The van der Waals surface area contributed by atoms with Gasteiger partial charge in [0.15, 0.2) is 0 Å². The summed E-state index contributed by atoms with van der Waals surface area (Å²) < 4.78 is 1.88. The topological polar surface area (TPSA) is 68.3 Å². The molecule has 1 heterocycles. The number of nitro groups is 1. The van der Waals surface area contributed by atoms with Crippen molar-refractivity contribution in [3.63, 3.8) is 0 Å². The number of hydrogen-bond donors (Lipinski definition) is 1. The zero-order chi connectivity index (χ0) is 14.1. The number of aromatic nitrogens is 1. The van der Waals surface area contributed by atoms with E-state index in [0.29, 0.717) is 0 Å². The van der Waals surface area contributed by atoms with Crippen molar-refractivity contribution >= 4 is 16.6 Å². The number of nitro benzene ring substituents is 1. The molecule has 0 fully saturated rings. The van der Waals surface area contributed by atoms with E-state index in [4.69, 9.17) is 0 Å². The van der Waals surface area contributed by atoms with Crippen molar-refractivity contribution in [3.05, 3.63) is 70.4 Å². The maximum atomic E-state index is 10.9. The molecule has 1 aromatic heterocycles. The molecular formula is C15H12N2O3. The molecule has 2 aromatic carbocycles. The van der Waals surface area contributed by atoms with Crippen LogP contribution in [0.3, 0.4) is 0 Å². The lowest BCUT2D eigenvalue weighted by Crippen LogP contribution is -1.94. The minimum absolute atomic E-state index is 0.0345. The Morgan fingerprint density at radius 2 is 2.00 bits per heavy atom. The van der Waals surface area contributed by atoms with Crippen molar-refractivity contribution in [1.29, 1.82) is 0 Å². The number of benzene rings is 2. The fourth-order valence-electron chi connectivity index (χ4n) is 2.26. The van der Waals surface area contributed by atoms with Crippen molar-refractivity contribution in [1.82, 2.24) is 4.57 Å². The molecule has 0 spiro atoms. The highest BCUT2D eigenvalue weighted by molar-refractivity contribution is 5.84. The van der Waals surface area contributed by atoms with Gasteiger partial charge in [-0.05, 0) is 29.8 Å². The van der Waals surface area contributed by atoms with Crippen molar-refractivity contribution in [3.8, 4) is 5.69 Å². The van der Waals surface area contributed by atoms with E-state index in [1.54, 1.807) is 12.1 Å². The first-order valence-corrected chi connectivity index (χ1v) is 6.15. The van der Waals surface area contributed by atoms with Crippen LogP contribution in [0.4, 0.5) is 5.69 Å². The molecule has 0 amide bonds. The maximum Gasteiger partial charge on any atom is 0.271 e. The highest BCUT2D eigenvalue weighted by Crippen LogP contribution is 2.25. The van der Waals surface area contributed by atoms with Crippen molar-refractivity contribution < 1.29 is 10.0 Å². The van der Waals surface area contributed by atoms with Crippen LogP contribution >= 0.6 is 0 Å². The van der Waals surface area contributed by atoms with Crippen molar-refractivity contribution in [2.24, 2.45) is 0 Å². The third-order valence-electron chi connectivity index (χ3n) is 3.26. The molecule has 0 aliphatic heterocycles. The van der Waals surface area contributed by atoms with Gasteiger partial charge in [0.2, 0.25) is 0 Å². The number of aliphatic hydroxyl groups is 1. The van der Waals surface area contributed by atoms with Crippen LogP contribution in [0, 0.1) is 10.1 Å². The fraction of sp³-hybridized carbons (Fsp3) is 0.0667. The van der Waals surface area contributed by atoms with Gasteiger partial charge in [0, 0.05) is 29.4 Å². The third kappa shape index (κ3) is 2.04. The van der Waals surface area contributed by atoms with E-state index in [9.17, 15) is 15.2 Å². The predicted molar refractivity (Wildman–Crippen MR) is 75.9 cm³/mol. The Kier molecular flexibility index (Phi) is 2.96. The minimum Gasteiger partial charge on any atom is -0.392 e. The Hall–Kier alpha value is -2.66. The average molecular weight is 268 g/mol. The first-order valence-electron chi connectivity index (χ1n) is 6.15. The van der Waals surface area contributed by atoms with E-state index in [0.717, 1.165) is 22.2 Å². The van der Waals surface area contributed by atoms with E-state index >= 15 is 0 Å². The van der Waals surface area contributed by atoms with E-state index in [2.05, 4.69) is 0 Å². The molecule has 3 rings (SSSR count). The Balaban J connectivity index is 2.20. The van der Waals surface area contributed by atoms with Gasteiger partial charge in [-0.3, -0.25) is 10.1 Å². The van der Waals surface area contributed by atoms with Gasteiger partial charge in [-0.1, -0.05) is 12.1 Å². The van der Waals surface area contributed by atoms with E-state index < -0.39 is 4.92 Å². The van der Waals surface area contributed by atoms with Crippen LogP contribution < -0.4 is 0 Å². The molecule has 0 saturated carbocycles. The molecular weight excluding hydrogens is 256 g/mol. The number of non-ortho nitro benzene ring substituents is 1. The van der Waals surface area contributed by atoms with Crippen molar-refractivity contribution in [2.75, 3.05) is 0 Å². The molecule has 0 unspecified atom stereocenters. The molecule has 0 aliphatic carbocycles. The Morgan fingerprint density at radius 1 is 1.15 bits per heavy atom. The van der Waals surface area contributed by atoms with Gasteiger partial charge in [-0.25, -0.2) is 0 Å². The normalized spacial score (nSPS) is 10.8. The molecule has 20 heavy (non-hydrogen) atoms. The van der Waals surface area contributed by atoms with Crippen LogP contribution in [0.15, 0.2) is 54.7 Å². The van der Waals surface area contributed by atoms with E-state index in [1.807, 2.05) is 41.1 Å². The third-order valence-corrected chi connectivity index (χ3v) is 3.26. The lowest BCUT2D eigenvalue weighted by Gasteiger charge is -2.07. The Morgan fingerprint density at radius 3 is 2.75 bits per heavy atom.